The zero-order valence-corrected chi connectivity index (χ0v) is 9.66. The van der Waals surface area contributed by atoms with Gasteiger partial charge in [-0.2, -0.15) is 0 Å². The van der Waals surface area contributed by atoms with Crippen molar-refractivity contribution in [1.29, 1.82) is 0 Å². The van der Waals surface area contributed by atoms with E-state index in [1.54, 1.807) is 6.26 Å². The molecule has 0 aliphatic carbocycles. The molecule has 0 fully saturated rings. The molecule has 0 amide bonds. The van der Waals surface area contributed by atoms with E-state index in [2.05, 4.69) is 5.32 Å². The van der Waals surface area contributed by atoms with Gasteiger partial charge in [-0.25, -0.2) is 0 Å². The molecule has 0 saturated carbocycles. The third-order valence-corrected chi connectivity index (χ3v) is 2.79. The van der Waals surface area contributed by atoms with Crippen LogP contribution in [0.4, 0.5) is 0 Å². The summed E-state index contributed by atoms with van der Waals surface area (Å²) in [7, 11) is 0. The van der Waals surface area contributed by atoms with Crippen molar-refractivity contribution in [2.24, 2.45) is 0 Å². The molecule has 2 N–H and O–H groups in total. The molecule has 0 radical (unpaired) electrons. The summed E-state index contributed by atoms with van der Waals surface area (Å²) in [4.78, 5) is 0. The molecule has 2 aromatic rings. The number of hydrogen-bond donors (Lipinski definition) is 2. The van der Waals surface area contributed by atoms with Crippen LogP contribution >= 0.6 is 0 Å². The molecule has 16 heavy (non-hydrogen) atoms. The number of benzene rings is 1. The minimum atomic E-state index is -0.846. The first-order valence-electron chi connectivity index (χ1n) is 5.54. The third-order valence-electron chi connectivity index (χ3n) is 2.79. The number of aliphatic hydroxyl groups is 1. The highest BCUT2D eigenvalue weighted by Crippen LogP contribution is 2.24. The zero-order chi connectivity index (χ0) is 11.6. The molecule has 1 aromatic carbocycles. The van der Waals surface area contributed by atoms with Gasteiger partial charge in [-0.05, 0) is 37.2 Å². The number of likely N-dealkylation sites (N-methyl/N-ethyl adjacent to an activating group) is 1. The molecule has 86 valence electrons. The lowest BCUT2D eigenvalue weighted by molar-refractivity contribution is 0.0577. The largest absolute Gasteiger partial charge is 0.464 e. The van der Waals surface area contributed by atoms with Crippen LogP contribution in [0.1, 0.15) is 19.4 Å². The van der Waals surface area contributed by atoms with Crippen molar-refractivity contribution in [3.05, 3.63) is 36.1 Å². The number of furan rings is 1. The van der Waals surface area contributed by atoms with Crippen LogP contribution in [0, 0.1) is 0 Å². The molecular weight excluding hydrogens is 202 g/mol. The minimum absolute atomic E-state index is 0.548. The van der Waals surface area contributed by atoms with Gasteiger partial charge in [-0.1, -0.05) is 13.0 Å². The first-order chi connectivity index (χ1) is 7.63. The SMILES string of the molecule is CCNCC(C)(O)c1ccc2occc2c1. The summed E-state index contributed by atoms with van der Waals surface area (Å²) in [5.41, 5.74) is 0.909. The lowest BCUT2D eigenvalue weighted by Crippen LogP contribution is -2.35. The molecule has 0 aliphatic heterocycles. The molecule has 0 spiro atoms. The molecule has 1 heterocycles. The van der Waals surface area contributed by atoms with Crippen LogP contribution in [0.2, 0.25) is 0 Å². The van der Waals surface area contributed by atoms with Crippen molar-refractivity contribution in [2.75, 3.05) is 13.1 Å². The number of fused-ring (bicyclic) bond motifs is 1. The van der Waals surface area contributed by atoms with Gasteiger partial charge in [-0.3, -0.25) is 0 Å². The van der Waals surface area contributed by atoms with Crippen molar-refractivity contribution < 1.29 is 9.52 Å². The Morgan fingerprint density at radius 2 is 2.19 bits per heavy atom. The Morgan fingerprint density at radius 1 is 1.38 bits per heavy atom. The van der Waals surface area contributed by atoms with Gasteiger partial charge in [0.05, 0.1) is 11.9 Å². The molecular formula is C13H17NO2. The van der Waals surface area contributed by atoms with E-state index >= 15 is 0 Å². The van der Waals surface area contributed by atoms with Crippen LogP contribution in [-0.2, 0) is 5.60 Å². The Balaban J connectivity index is 2.30. The van der Waals surface area contributed by atoms with E-state index in [4.69, 9.17) is 4.42 Å². The smallest absolute Gasteiger partial charge is 0.133 e. The summed E-state index contributed by atoms with van der Waals surface area (Å²) >= 11 is 0. The molecule has 0 bridgehead atoms. The lowest BCUT2D eigenvalue weighted by Gasteiger charge is -2.24. The minimum Gasteiger partial charge on any atom is -0.464 e. The highest BCUT2D eigenvalue weighted by molar-refractivity contribution is 5.77. The maximum atomic E-state index is 10.3. The van der Waals surface area contributed by atoms with Crippen LogP contribution in [0.15, 0.2) is 34.9 Å². The fourth-order valence-electron chi connectivity index (χ4n) is 1.77. The topological polar surface area (TPSA) is 45.4 Å². The van der Waals surface area contributed by atoms with Gasteiger partial charge in [0.15, 0.2) is 0 Å². The predicted octanol–water partition coefficient (Wildman–Crippen LogP) is 2.25. The second-order valence-electron chi connectivity index (χ2n) is 4.23. The average molecular weight is 219 g/mol. The summed E-state index contributed by atoms with van der Waals surface area (Å²) in [6, 6.07) is 7.67. The Labute approximate surface area is 95.1 Å². The maximum absolute atomic E-state index is 10.3. The second kappa shape index (κ2) is 4.28. The van der Waals surface area contributed by atoms with Gasteiger partial charge in [0.2, 0.25) is 0 Å². The summed E-state index contributed by atoms with van der Waals surface area (Å²) in [6.45, 7) is 5.24. The van der Waals surface area contributed by atoms with Crippen molar-refractivity contribution in [3.8, 4) is 0 Å². The van der Waals surface area contributed by atoms with E-state index in [1.165, 1.54) is 0 Å². The van der Waals surface area contributed by atoms with Crippen LogP contribution < -0.4 is 5.32 Å². The van der Waals surface area contributed by atoms with E-state index < -0.39 is 5.60 Å². The number of rotatable bonds is 4. The standard InChI is InChI=1S/C13H17NO2/c1-3-14-9-13(2,15)11-4-5-12-10(8-11)6-7-16-12/h4-8,14-15H,3,9H2,1-2H3. The zero-order valence-electron chi connectivity index (χ0n) is 9.66. The molecule has 2 rings (SSSR count). The quantitative estimate of drug-likeness (QED) is 0.829. The fourth-order valence-corrected chi connectivity index (χ4v) is 1.77. The monoisotopic (exact) mass is 219 g/mol. The summed E-state index contributed by atoms with van der Waals surface area (Å²) < 4.78 is 5.27. The molecule has 3 nitrogen and oxygen atoms in total. The molecule has 3 heteroatoms. The molecule has 1 atom stereocenters. The number of nitrogens with one attached hydrogen (secondary N) is 1. The highest BCUT2D eigenvalue weighted by atomic mass is 16.3. The Hall–Kier alpha value is -1.32. The van der Waals surface area contributed by atoms with Crippen molar-refractivity contribution >= 4 is 11.0 Å². The Bertz CT molecular complexity index is 473. The number of hydrogen-bond acceptors (Lipinski definition) is 3. The van der Waals surface area contributed by atoms with Crippen LogP contribution in [0.25, 0.3) is 11.0 Å². The van der Waals surface area contributed by atoms with Crippen molar-refractivity contribution in [3.63, 3.8) is 0 Å². The molecule has 0 saturated heterocycles. The summed E-state index contributed by atoms with van der Waals surface area (Å²) in [5, 5.41) is 14.5. The van der Waals surface area contributed by atoms with E-state index in [-0.39, 0.29) is 0 Å². The highest BCUT2D eigenvalue weighted by Gasteiger charge is 2.22. The van der Waals surface area contributed by atoms with E-state index in [0.29, 0.717) is 6.54 Å². The fraction of sp³-hybridized carbons (Fsp3) is 0.385. The van der Waals surface area contributed by atoms with Crippen LogP contribution in [-0.4, -0.2) is 18.2 Å². The van der Waals surface area contributed by atoms with Gasteiger partial charge in [0.25, 0.3) is 0 Å². The van der Waals surface area contributed by atoms with Gasteiger partial charge < -0.3 is 14.8 Å². The maximum Gasteiger partial charge on any atom is 0.133 e. The summed E-state index contributed by atoms with van der Waals surface area (Å²) in [6.07, 6.45) is 1.66. The lowest BCUT2D eigenvalue weighted by atomic mass is 9.95. The van der Waals surface area contributed by atoms with Gasteiger partial charge in [0.1, 0.15) is 5.58 Å². The molecule has 1 unspecified atom stereocenters. The van der Waals surface area contributed by atoms with Crippen molar-refractivity contribution in [2.45, 2.75) is 19.4 Å². The Kier molecular flexibility index (Phi) is 2.99. The molecule has 1 aromatic heterocycles. The third kappa shape index (κ3) is 2.10. The van der Waals surface area contributed by atoms with Gasteiger partial charge in [0, 0.05) is 11.9 Å². The average Bonchev–Trinajstić information content (AvgIpc) is 2.73. The Morgan fingerprint density at radius 3 is 2.94 bits per heavy atom. The van der Waals surface area contributed by atoms with E-state index in [0.717, 1.165) is 23.1 Å². The van der Waals surface area contributed by atoms with Gasteiger partial charge >= 0.3 is 0 Å². The van der Waals surface area contributed by atoms with Crippen molar-refractivity contribution in [1.82, 2.24) is 5.32 Å². The van der Waals surface area contributed by atoms with E-state index in [9.17, 15) is 5.11 Å². The second-order valence-corrected chi connectivity index (χ2v) is 4.23. The molecule has 0 aliphatic rings. The summed E-state index contributed by atoms with van der Waals surface area (Å²) in [5.74, 6) is 0. The first-order valence-corrected chi connectivity index (χ1v) is 5.54. The van der Waals surface area contributed by atoms with Crippen LogP contribution in [0.3, 0.4) is 0 Å². The first kappa shape index (κ1) is 11.2. The predicted molar refractivity (Wildman–Crippen MR) is 64.3 cm³/mol. The van der Waals surface area contributed by atoms with Crippen LogP contribution in [0.5, 0.6) is 0 Å². The normalized spacial score (nSPS) is 15.2. The van der Waals surface area contributed by atoms with E-state index in [1.807, 2.05) is 38.1 Å². The van der Waals surface area contributed by atoms with Gasteiger partial charge in [-0.15, -0.1) is 0 Å².